The number of aryl methyl sites for hydroxylation is 1. The van der Waals surface area contributed by atoms with Gasteiger partial charge in [0.05, 0.1) is 0 Å². The van der Waals surface area contributed by atoms with Crippen molar-refractivity contribution in [1.82, 2.24) is 0 Å². The monoisotopic (exact) mass is 268 g/mol. The lowest BCUT2D eigenvalue weighted by molar-refractivity contribution is 0.209. The molecule has 0 aliphatic heterocycles. The van der Waals surface area contributed by atoms with Crippen molar-refractivity contribution in [3.05, 3.63) is 69.7 Å². The molecule has 0 bridgehead atoms. The van der Waals surface area contributed by atoms with Gasteiger partial charge in [0.2, 0.25) is 0 Å². The van der Waals surface area contributed by atoms with E-state index >= 15 is 0 Å². The molecule has 0 aromatic heterocycles. The van der Waals surface area contributed by atoms with Crippen LogP contribution in [-0.4, -0.2) is 5.11 Å². The van der Waals surface area contributed by atoms with Crippen molar-refractivity contribution < 1.29 is 13.9 Å². The summed E-state index contributed by atoms with van der Waals surface area (Å²) in [6, 6.07) is 8.23. The number of aliphatic hydroxyl groups excluding tert-OH is 1. The fourth-order valence-electron chi connectivity index (χ4n) is 1.76. The highest BCUT2D eigenvalue weighted by molar-refractivity contribution is 6.30. The van der Waals surface area contributed by atoms with Crippen molar-refractivity contribution in [3.63, 3.8) is 0 Å². The summed E-state index contributed by atoms with van der Waals surface area (Å²) in [5.41, 5.74) is 0.847. The second-order valence-corrected chi connectivity index (χ2v) is 4.53. The van der Waals surface area contributed by atoms with Gasteiger partial charge < -0.3 is 5.11 Å². The number of benzene rings is 2. The molecule has 0 radical (unpaired) electrons. The summed E-state index contributed by atoms with van der Waals surface area (Å²) in [4.78, 5) is 0. The Hall–Kier alpha value is -1.45. The maximum Gasteiger partial charge on any atom is 0.130 e. The third-order valence-electron chi connectivity index (χ3n) is 2.70. The normalized spacial score (nSPS) is 12.5. The molecule has 1 unspecified atom stereocenters. The minimum atomic E-state index is -1.35. The van der Waals surface area contributed by atoms with Gasteiger partial charge in [-0.3, -0.25) is 0 Å². The van der Waals surface area contributed by atoms with E-state index in [9.17, 15) is 13.9 Å². The molecule has 2 rings (SSSR count). The van der Waals surface area contributed by atoms with E-state index in [-0.39, 0.29) is 16.1 Å². The van der Waals surface area contributed by atoms with Crippen molar-refractivity contribution in [1.29, 1.82) is 0 Å². The van der Waals surface area contributed by atoms with Crippen molar-refractivity contribution in [3.8, 4) is 0 Å². The first-order valence-corrected chi connectivity index (χ1v) is 5.76. The molecular weight excluding hydrogens is 258 g/mol. The Balaban J connectivity index is 2.47. The van der Waals surface area contributed by atoms with Crippen LogP contribution in [0.4, 0.5) is 8.78 Å². The smallest absolute Gasteiger partial charge is 0.130 e. The SMILES string of the molecule is Cc1ccc(F)c(C(O)c2ccc(Cl)cc2F)c1. The summed E-state index contributed by atoms with van der Waals surface area (Å²) < 4.78 is 27.3. The van der Waals surface area contributed by atoms with Crippen LogP contribution < -0.4 is 0 Å². The second kappa shape index (κ2) is 5.04. The van der Waals surface area contributed by atoms with E-state index in [0.29, 0.717) is 0 Å². The first kappa shape index (κ1) is 13.0. The fourth-order valence-corrected chi connectivity index (χ4v) is 1.92. The molecule has 4 heteroatoms. The molecule has 0 saturated heterocycles. The Morgan fingerprint density at radius 1 is 1.00 bits per heavy atom. The van der Waals surface area contributed by atoms with Crippen molar-refractivity contribution in [2.45, 2.75) is 13.0 Å². The lowest BCUT2D eigenvalue weighted by Gasteiger charge is -2.14. The van der Waals surface area contributed by atoms with Crippen molar-refractivity contribution >= 4 is 11.6 Å². The number of rotatable bonds is 2. The molecule has 18 heavy (non-hydrogen) atoms. The van der Waals surface area contributed by atoms with Gasteiger partial charge in [-0.25, -0.2) is 8.78 Å². The Morgan fingerprint density at radius 3 is 2.39 bits per heavy atom. The van der Waals surface area contributed by atoms with Gasteiger partial charge in [0.25, 0.3) is 0 Å². The van der Waals surface area contributed by atoms with Gasteiger partial charge in [0.15, 0.2) is 0 Å². The molecular formula is C14H11ClF2O. The highest BCUT2D eigenvalue weighted by atomic mass is 35.5. The van der Waals surface area contributed by atoms with Gasteiger partial charge in [0, 0.05) is 16.1 Å². The Bertz CT molecular complexity index is 584. The topological polar surface area (TPSA) is 20.2 Å². The molecule has 1 N–H and O–H groups in total. The fraction of sp³-hybridized carbons (Fsp3) is 0.143. The summed E-state index contributed by atoms with van der Waals surface area (Å²) in [7, 11) is 0. The van der Waals surface area contributed by atoms with E-state index in [0.717, 1.165) is 11.6 Å². The number of halogens is 3. The lowest BCUT2D eigenvalue weighted by atomic mass is 9.99. The van der Waals surface area contributed by atoms with Crippen LogP contribution in [0.25, 0.3) is 0 Å². The maximum atomic E-state index is 13.7. The maximum absolute atomic E-state index is 13.7. The summed E-state index contributed by atoms with van der Waals surface area (Å²) >= 11 is 5.63. The molecule has 2 aromatic rings. The predicted molar refractivity (Wildman–Crippen MR) is 66.6 cm³/mol. The summed E-state index contributed by atoms with van der Waals surface area (Å²) in [5, 5.41) is 10.3. The van der Waals surface area contributed by atoms with Crippen molar-refractivity contribution in [2.75, 3.05) is 0 Å². The van der Waals surface area contributed by atoms with Crippen LogP contribution in [0.2, 0.25) is 5.02 Å². The van der Waals surface area contributed by atoms with Crippen molar-refractivity contribution in [2.24, 2.45) is 0 Å². The molecule has 1 atom stereocenters. The van der Waals surface area contributed by atoms with Crippen LogP contribution in [0.3, 0.4) is 0 Å². The average molecular weight is 269 g/mol. The average Bonchev–Trinajstić information content (AvgIpc) is 2.31. The number of aliphatic hydroxyl groups is 1. The number of hydrogen-bond donors (Lipinski definition) is 1. The quantitative estimate of drug-likeness (QED) is 0.873. The Labute approximate surface area is 109 Å². The van der Waals surface area contributed by atoms with Gasteiger partial charge >= 0.3 is 0 Å². The van der Waals surface area contributed by atoms with Crippen LogP contribution in [0.1, 0.15) is 22.8 Å². The van der Waals surface area contributed by atoms with E-state index in [4.69, 9.17) is 11.6 Å². The number of hydrogen-bond acceptors (Lipinski definition) is 1. The Morgan fingerprint density at radius 2 is 1.72 bits per heavy atom. The van der Waals surface area contributed by atoms with Gasteiger partial charge in [-0.2, -0.15) is 0 Å². The van der Waals surface area contributed by atoms with E-state index in [1.807, 2.05) is 0 Å². The molecule has 1 nitrogen and oxygen atoms in total. The van der Waals surface area contributed by atoms with Gasteiger partial charge in [-0.15, -0.1) is 0 Å². The summed E-state index contributed by atoms with van der Waals surface area (Å²) in [5.74, 6) is -1.22. The third-order valence-corrected chi connectivity index (χ3v) is 2.94. The first-order chi connectivity index (χ1) is 8.49. The van der Waals surface area contributed by atoms with Crippen LogP contribution in [0.15, 0.2) is 36.4 Å². The molecule has 0 aliphatic carbocycles. The van der Waals surface area contributed by atoms with Crippen LogP contribution in [0.5, 0.6) is 0 Å². The zero-order valence-corrected chi connectivity index (χ0v) is 10.4. The minimum absolute atomic E-state index is 0.00361. The van der Waals surface area contributed by atoms with Gasteiger partial charge in [-0.1, -0.05) is 35.4 Å². The molecule has 0 saturated carbocycles. The molecule has 0 amide bonds. The highest BCUT2D eigenvalue weighted by Gasteiger charge is 2.18. The lowest BCUT2D eigenvalue weighted by Crippen LogP contribution is -2.05. The molecule has 0 fully saturated rings. The van der Waals surface area contributed by atoms with E-state index < -0.39 is 17.7 Å². The Kier molecular flexibility index (Phi) is 3.64. The van der Waals surface area contributed by atoms with Crippen LogP contribution >= 0.6 is 11.6 Å². The van der Waals surface area contributed by atoms with Crippen LogP contribution in [-0.2, 0) is 0 Å². The van der Waals surface area contributed by atoms with E-state index in [2.05, 4.69) is 0 Å². The molecule has 0 aliphatic rings. The third kappa shape index (κ3) is 2.52. The largest absolute Gasteiger partial charge is 0.383 e. The van der Waals surface area contributed by atoms with Gasteiger partial charge in [-0.05, 0) is 25.1 Å². The zero-order chi connectivity index (χ0) is 13.3. The summed E-state index contributed by atoms with van der Waals surface area (Å²) in [6.45, 7) is 1.77. The standard InChI is InChI=1S/C14H11ClF2O/c1-8-2-5-12(16)11(6-8)14(18)10-4-3-9(15)7-13(10)17/h2-7,14,18H,1H3. The second-order valence-electron chi connectivity index (χ2n) is 4.09. The molecule has 0 heterocycles. The van der Waals surface area contributed by atoms with Crippen LogP contribution in [0, 0.1) is 18.6 Å². The molecule has 2 aromatic carbocycles. The summed E-state index contributed by atoms with van der Waals surface area (Å²) in [6.07, 6.45) is -1.35. The minimum Gasteiger partial charge on any atom is -0.383 e. The molecule has 0 spiro atoms. The zero-order valence-electron chi connectivity index (χ0n) is 9.62. The molecule has 94 valence electrons. The predicted octanol–water partition coefficient (Wildman–Crippen LogP) is 4.01. The van der Waals surface area contributed by atoms with E-state index in [1.54, 1.807) is 13.0 Å². The van der Waals surface area contributed by atoms with E-state index in [1.165, 1.54) is 24.3 Å². The first-order valence-electron chi connectivity index (χ1n) is 5.38. The van der Waals surface area contributed by atoms with Gasteiger partial charge in [0.1, 0.15) is 17.7 Å². The highest BCUT2D eigenvalue weighted by Crippen LogP contribution is 2.28.